The van der Waals surface area contributed by atoms with Crippen LogP contribution in [0.1, 0.15) is 210 Å². The monoisotopic (exact) mass is 1140 g/mol. The van der Waals surface area contributed by atoms with Crippen molar-refractivity contribution in [2.75, 3.05) is 13.2 Å². The van der Waals surface area contributed by atoms with Gasteiger partial charge in [-0.1, -0.05) is 71.9 Å². The van der Waals surface area contributed by atoms with E-state index in [9.17, 15) is 33.6 Å². The summed E-state index contributed by atoms with van der Waals surface area (Å²) in [7, 11) is 0. The molecule has 0 unspecified atom stereocenters. The van der Waals surface area contributed by atoms with Gasteiger partial charge in [-0.25, -0.2) is 0 Å². The molecule has 0 spiro atoms. The van der Waals surface area contributed by atoms with Crippen molar-refractivity contribution in [3.05, 3.63) is 35.9 Å². The number of hydrogen-bond acceptors (Lipinski definition) is 14. The molecule has 9 rings (SSSR count). The van der Waals surface area contributed by atoms with Crippen molar-refractivity contribution < 1.29 is 66.7 Å². The Bertz CT molecular complexity index is 2350. The summed E-state index contributed by atoms with van der Waals surface area (Å²) in [5.74, 6) is 1.52. The van der Waals surface area contributed by atoms with Gasteiger partial charge in [-0.3, -0.25) is 33.6 Å². The average Bonchev–Trinajstić information content (AvgIpc) is 1.48. The van der Waals surface area contributed by atoms with E-state index in [0.717, 1.165) is 108 Å². The topological polar surface area (TPSA) is 184 Å². The van der Waals surface area contributed by atoms with E-state index < -0.39 is 23.3 Å². The van der Waals surface area contributed by atoms with Crippen LogP contribution in [0.25, 0.3) is 0 Å². The summed E-state index contributed by atoms with van der Waals surface area (Å²) in [6.07, 6.45) is 16.4. The predicted molar refractivity (Wildman–Crippen MR) is 306 cm³/mol. The number of carbonyl (C=O) groups excluding carboxylic acids is 7. The lowest BCUT2D eigenvalue weighted by atomic mass is 9.43. The van der Waals surface area contributed by atoms with Gasteiger partial charge in [-0.2, -0.15) is 0 Å². The van der Waals surface area contributed by atoms with Gasteiger partial charge in [0, 0.05) is 52.4 Å². The van der Waals surface area contributed by atoms with Gasteiger partial charge in [0.1, 0.15) is 49.7 Å². The van der Waals surface area contributed by atoms with Crippen LogP contribution < -0.4 is 0 Å². The van der Waals surface area contributed by atoms with E-state index in [1.807, 2.05) is 30.3 Å². The molecule has 0 aliphatic heterocycles. The molecule has 1 aromatic carbocycles. The molecule has 0 bridgehead atoms. The molecule has 0 amide bonds. The standard InChI is InChI=1S/C68H100O14/c1-40(51-19-21-53-61-55(27-31-67(51,53)10)65(8)29-25-49(79-42(3)69)33-47(65)35-57(61)81-44(5)71)17-23-59(73)77-38-64(7,63(75)76-37-46-15-13-12-14-16-46)39-78-60(74)24-18-41(2)52-20-22-54-62-56(28-32-68(52,54)11)66(9)30-26-50(80-43(4)70)34-48(66)36-58(62)82-45(6)72/h12-16,40-41,47-58,61-62H,17-39H2,1-11H3/t40-,41-,47-,48-,49-,50-,51-,52-,53+,54+,55+,56+,57+,58+,61+,62+,65+,66+,67-,68-/m1/s1. The van der Waals surface area contributed by atoms with Gasteiger partial charge in [0.25, 0.3) is 0 Å². The van der Waals surface area contributed by atoms with Crippen LogP contribution in [0.2, 0.25) is 0 Å². The fraction of sp³-hybridized carbons (Fsp3) is 0.809. The van der Waals surface area contributed by atoms with E-state index in [2.05, 4.69) is 41.5 Å². The van der Waals surface area contributed by atoms with Gasteiger partial charge in [0.05, 0.1) is 0 Å². The van der Waals surface area contributed by atoms with Crippen molar-refractivity contribution in [3.8, 4) is 0 Å². The Balaban J connectivity index is 0.794. The summed E-state index contributed by atoms with van der Waals surface area (Å²) < 4.78 is 41.8. The summed E-state index contributed by atoms with van der Waals surface area (Å²) in [6, 6.07) is 9.38. The van der Waals surface area contributed by atoms with E-state index in [1.54, 1.807) is 6.92 Å². The Kier molecular flexibility index (Phi) is 18.8. The van der Waals surface area contributed by atoms with Crippen molar-refractivity contribution in [1.29, 1.82) is 0 Å². The maximum Gasteiger partial charge on any atom is 0.319 e. The van der Waals surface area contributed by atoms with Gasteiger partial charge in [-0.15, -0.1) is 0 Å². The van der Waals surface area contributed by atoms with Crippen molar-refractivity contribution in [1.82, 2.24) is 0 Å². The lowest BCUT2D eigenvalue weighted by Crippen LogP contribution is -2.59. The second-order valence-corrected chi connectivity index (χ2v) is 29.2. The molecule has 456 valence electrons. The predicted octanol–water partition coefficient (Wildman–Crippen LogP) is 12.9. The Morgan fingerprint density at radius 2 is 0.890 bits per heavy atom. The fourth-order valence-electron chi connectivity index (χ4n) is 20.4. The smallest absolute Gasteiger partial charge is 0.319 e. The van der Waals surface area contributed by atoms with Gasteiger partial charge in [0.15, 0.2) is 0 Å². The maximum absolute atomic E-state index is 14.1. The molecule has 1 aromatic rings. The molecule has 0 radical (unpaired) electrons. The number of carbonyl (C=O) groups is 7. The zero-order valence-corrected chi connectivity index (χ0v) is 51.6. The van der Waals surface area contributed by atoms with E-state index >= 15 is 0 Å². The van der Waals surface area contributed by atoms with Gasteiger partial charge in [0.2, 0.25) is 0 Å². The molecule has 8 fully saturated rings. The van der Waals surface area contributed by atoms with Crippen molar-refractivity contribution in [3.63, 3.8) is 0 Å². The number of benzene rings is 1. The normalized spacial score (nSPS) is 39.5. The van der Waals surface area contributed by atoms with Crippen LogP contribution in [0.5, 0.6) is 0 Å². The molecule has 8 aliphatic rings. The average molecular weight is 1140 g/mol. The number of ether oxygens (including phenoxy) is 7. The lowest BCUT2D eigenvalue weighted by Gasteiger charge is -2.62. The zero-order valence-electron chi connectivity index (χ0n) is 51.6. The van der Waals surface area contributed by atoms with E-state index in [0.29, 0.717) is 60.2 Å². The molecule has 82 heavy (non-hydrogen) atoms. The minimum absolute atomic E-state index is 0.0181. The van der Waals surface area contributed by atoms with E-state index in [-0.39, 0.29) is 126 Å². The molecule has 14 nitrogen and oxygen atoms in total. The third-order valence-electron chi connectivity index (χ3n) is 24.5. The molecular formula is C68H100O14. The first kappa shape index (κ1) is 62.1. The molecule has 8 saturated carbocycles. The van der Waals surface area contributed by atoms with Crippen LogP contribution in [0.15, 0.2) is 30.3 Å². The second-order valence-electron chi connectivity index (χ2n) is 29.2. The number of hydrogen-bond donors (Lipinski definition) is 0. The number of esters is 7. The SMILES string of the molecule is CC(=O)O[C@@H]1CC[C@@]2(C)[C@H](C1)C[C@H](OC(C)=O)[C@@H]1[C@@H]2CC[C@]2(C)[C@@H]([C@H](C)CCC(=O)OCC(C)(COC(=O)CC[C@@H](C)[C@H]3CC[C@H]4[C@@H]5[C@@H](OC(C)=O)C[C@H]6C[C@H](OC(C)=O)CC[C@]6(C)[C@H]5CC[C@]34C)C(=O)OCc3ccccc3)CC[C@@H]12. The first-order valence-corrected chi connectivity index (χ1v) is 32.0. The number of fused-ring (bicyclic) bond motifs is 10. The molecule has 14 heteroatoms. The van der Waals surface area contributed by atoms with E-state index in [1.165, 1.54) is 27.7 Å². The third-order valence-corrected chi connectivity index (χ3v) is 24.5. The Morgan fingerprint density at radius 1 is 0.500 bits per heavy atom. The van der Waals surface area contributed by atoms with Crippen molar-refractivity contribution >= 4 is 41.8 Å². The molecule has 0 saturated heterocycles. The highest BCUT2D eigenvalue weighted by Gasteiger charge is 2.66. The van der Waals surface area contributed by atoms with Crippen LogP contribution in [-0.4, -0.2) is 79.4 Å². The minimum Gasteiger partial charge on any atom is -0.464 e. The van der Waals surface area contributed by atoms with Gasteiger partial charge >= 0.3 is 41.8 Å². The molecular weight excluding hydrogens is 1040 g/mol. The summed E-state index contributed by atoms with van der Waals surface area (Å²) in [5.41, 5.74) is -0.437. The molecule has 0 heterocycles. The lowest BCUT2D eigenvalue weighted by molar-refractivity contribution is -0.197. The van der Waals surface area contributed by atoms with Crippen LogP contribution in [-0.2, 0) is 73.3 Å². The summed E-state index contributed by atoms with van der Waals surface area (Å²) >= 11 is 0. The molecule has 20 atom stereocenters. The van der Waals surface area contributed by atoms with E-state index in [4.69, 9.17) is 33.2 Å². The summed E-state index contributed by atoms with van der Waals surface area (Å²) in [4.78, 5) is 90.9. The Labute approximate surface area is 489 Å². The van der Waals surface area contributed by atoms with Crippen LogP contribution in [0.4, 0.5) is 0 Å². The second kappa shape index (κ2) is 24.8. The number of rotatable bonds is 19. The molecule has 0 aromatic heterocycles. The van der Waals surface area contributed by atoms with Crippen LogP contribution >= 0.6 is 0 Å². The highest BCUT2D eigenvalue weighted by Crippen LogP contribution is 2.71. The van der Waals surface area contributed by atoms with Crippen LogP contribution in [0.3, 0.4) is 0 Å². The quantitative estimate of drug-likeness (QED) is 0.0941. The first-order chi connectivity index (χ1) is 38.8. The first-order valence-electron chi connectivity index (χ1n) is 32.0. The largest absolute Gasteiger partial charge is 0.464 e. The fourth-order valence-corrected chi connectivity index (χ4v) is 20.4. The third kappa shape index (κ3) is 12.6. The minimum atomic E-state index is -1.45. The zero-order chi connectivity index (χ0) is 59.1. The summed E-state index contributed by atoms with van der Waals surface area (Å²) in [5, 5.41) is 0. The van der Waals surface area contributed by atoms with Crippen molar-refractivity contribution in [2.45, 2.75) is 236 Å². The summed E-state index contributed by atoms with van der Waals surface area (Å²) in [6.45, 7) is 21.3. The Morgan fingerprint density at radius 3 is 1.29 bits per heavy atom. The molecule has 8 aliphatic carbocycles. The Hall–Kier alpha value is -4.49. The maximum atomic E-state index is 14.1. The van der Waals surface area contributed by atoms with Gasteiger partial charge in [-0.05, 0) is 209 Å². The van der Waals surface area contributed by atoms with Gasteiger partial charge < -0.3 is 33.2 Å². The van der Waals surface area contributed by atoms with Crippen LogP contribution in [0, 0.1) is 98.1 Å². The highest BCUT2D eigenvalue weighted by molar-refractivity contribution is 5.78. The van der Waals surface area contributed by atoms with Crippen molar-refractivity contribution in [2.24, 2.45) is 98.1 Å². The molecule has 0 N–H and O–H groups in total. The highest BCUT2D eigenvalue weighted by atomic mass is 16.6.